The first kappa shape index (κ1) is 15.5. The number of hydrogen-bond donors (Lipinski definition) is 1. The Morgan fingerprint density at radius 3 is 2.56 bits per heavy atom. The van der Waals surface area contributed by atoms with Crippen molar-refractivity contribution in [1.82, 2.24) is 0 Å². The molecule has 18 heavy (non-hydrogen) atoms. The molecule has 0 radical (unpaired) electrons. The standard InChI is InChI=1S/C15H28O3/c1-3-5-10-15(4-2,14(16)17)11-6-8-13-9-7-12-18-13/h13H,3-12H2,1-2H3,(H,16,17). The maximum Gasteiger partial charge on any atom is 0.309 e. The van der Waals surface area contributed by atoms with Crippen LogP contribution in [0.3, 0.4) is 0 Å². The van der Waals surface area contributed by atoms with Gasteiger partial charge < -0.3 is 9.84 Å². The van der Waals surface area contributed by atoms with E-state index in [-0.39, 0.29) is 0 Å². The van der Waals surface area contributed by atoms with Gasteiger partial charge in [-0.25, -0.2) is 0 Å². The lowest BCUT2D eigenvalue weighted by Gasteiger charge is -2.28. The molecule has 1 fully saturated rings. The molecule has 1 aliphatic heterocycles. The van der Waals surface area contributed by atoms with Crippen LogP contribution in [-0.4, -0.2) is 23.8 Å². The lowest BCUT2D eigenvalue weighted by atomic mass is 9.76. The molecule has 106 valence electrons. The maximum atomic E-state index is 11.6. The van der Waals surface area contributed by atoms with Gasteiger partial charge in [-0.2, -0.15) is 0 Å². The second-order valence-electron chi connectivity index (χ2n) is 5.57. The van der Waals surface area contributed by atoms with Crippen LogP contribution in [0.1, 0.15) is 71.6 Å². The van der Waals surface area contributed by atoms with Crippen molar-refractivity contribution in [2.45, 2.75) is 77.7 Å². The summed E-state index contributed by atoms with van der Waals surface area (Å²) >= 11 is 0. The number of rotatable bonds is 9. The fourth-order valence-corrected chi connectivity index (χ4v) is 2.90. The first-order valence-electron chi connectivity index (χ1n) is 7.49. The van der Waals surface area contributed by atoms with Gasteiger partial charge in [-0.15, -0.1) is 0 Å². The number of ether oxygens (including phenoxy) is 1. The quantitative estimate of drug-likeness (QED) is 0.678. The van der Waals surface area contributed by atoms with Crippen LogP contribution in [-0.2, 0) is 9.53 Å². The van der Waals surface area contributed by atoms with Crippen molar-refractivity contribution < 1.29 is 14.6 Å². The van der Waals surface area contributed by atoms with Crippen molar-refractivity contribution in [2.75, 3.05) is 6.61 Å². The molecule has 1 rings (SSSR count). The van der Waals surface area contributed by atoms with E-state index in [1.165, 1.54) is 6.42 Å². The van der Waals surface area contributed by atoms with Crippen molar-refractivity contribution >= 4 is 5.97 Å². The van der Waals surface area contributed by atoms with Gasteiger partial charge >= 0.3 is 5.97 Å². The van der Waals surface area contributed by atoms with Crippen molar-refractivity contribution in [1.29, 1.82) is 0 Å². The lowest BCUT2D eigenvalue weighted by Crippen LogP contribution is -2.30. The molecule has 0 aromatic rings. The normalized spacial score (nSPS) is 22.9. The van der Waals surface area contributed by atoms with Gasteiger partial charge in [0.15, 0.2) is 0 Å². The maximum absolute atomic E-state index is 11.6. The second kappa shape index (κ2) is 7.78. The Morgan fingerprint density at radius 1 is 1.33 bits per heavy atom. The van der Waals surface area contributed by atoms with Gasteiger partial charge in [-0.1, -0.05) is 26.7 Å². The SMILES string of the molecule is CCCCC(CC)(CCCC1CCCO1)C(=O)O. The molecule has 0 bridgehead atoms. The largest absolute Gasteiger partial charge is 0.481 e. The molecule has 1 aliphatic rings. The minimum absolute atomic E-state index is 0.388. The average molecular weight is 256 g/mol. The van der Waals surface area contributed by atoms with Crippen LogP contribution in [0.4, 0.5) is 0 Å². The van der Waals surface area contributed by atoms with Gasteiger partial charge in [0, 0.05) is 6.61 Å². The third-order valence-electron chi connectivity index (χ3n) is 4.34. The van der Waals surface area contributed by atoms with E-state index in [1.54, 1.807) is 0 Å². The van der Waals surface area contributed by atoms with Crippen molar-refractivity contribution in [3.63, 3.8) is 0 Å². The molecule has 2 atom stereocenters. The summed E-state index contributed by atoms with van der Waals surface area (Å²) in [7, 11) is 0. The topological polar surface area (TPSA) is 46.5 Å². The van der Waals surface area contributed by atoms with Crippen LogP contribution in [0.15, 0.2) is 0 Å². The van der Waals surface area contributed by atoms with E-state index in [4.69, 9.17) is 4.74 Å². The molecule has 0 aromatic heterocycles. The van der Waals surface area contributed by atoms with Gasteiger partial charge in [0.2, 0.25) is 0 Å². The molecular formula is C15H28O3. The smallest absolute Gasteiger partial charge is 0.309 e. The number of unbranched alkanes of at least 4 members (excludes halogenated alkanes) is 1. The summed E-state index contributed by atoms with van der Waals surface area (Å²) in [6.45, 7) is 5.02. The molecule has 1 N–H and O–H groups in total. The van der Waals surface area contributed by atoms with Crippen molar-refractivity contribution in [3.05, 3.63) is 0 Å². The Labute approximate surface area is 111 Å². The van der Waals surface area contributed by atoms with Gasteiger partial charge in [0.25, 0.3) is 0 Å². The summed E-state index contributed by atoms with van der Waals surface area (Å²) in [4.78, 5) is 11.6. The number of carbonyl (C=O) groups is 1. The molecular weight excluding hydrogens is 228 g/mol. The molecule has 0 aromatic carbocycles. The highest BCUT2D eigenvalue weighted by molar-refractivity contribution is 5.74. The van der Waals surface area contributed by atoms with E-state index in [1.807, 2.05) is 6.92 Å². The Kier molecular flexibility index (Phi) is 6.69. The summed E-state index contributed by atoms with van der Waals surface area (Å²) < 4.78 is 5.60. The van der Waals surface area contributed by atoms with Crippen LogP contribution in [0, 0.1) is 5.41 Å². The summed E-state index contributed by atoms with van der Waals surface area (Å²) in [6.07, 6.45) is 9.17. The number of hydrogen-bond acceptors (Lipinski definition) is 2. The second-order valence-corrected chi connectivity index (χ2v) is 5.57. The van der Waals surface area contributed by atoms with E-state index >= 15 is 0 Å². The number of carboxylic acid groups (broad SMARTS) is 1. The highest BCUT2D eigenvalue weighted by atomic mass is 16.5. The summed E-state index contributed by atoms with van der Waals surface area (Å²) in [5.74, 6) is -0.606. The third kappa shape index (κ3) is 4.27. The van der Waals surface area contributed by atoms with Gasteiger partial charge in [0.05, 0.1) is 11.5 Å². The molecule has 0 saturated carbocycles. The highest BCUT2D eigenvalue weighted by Gasteiger charge is 2.35. The molecule has 3 heteroatoms. The van der Waals surface area contributed by atoms with E-state index < -0.39 is 11.4 Å². The van der Waals surface area contributed by atoms with Crippen molar-refractivity contribution in [3.8, 4) is 0 Å². The zero-order valence-corrected chi connectivity index (χ0v) is 11.9. The van der Waals surface area contributed by atoms with Gasteiger partial charge in [-0.05, 0) is 44.9 Å². The number of aliphatic carboxylic acids is 1. The van der Waals surface area contributed by atoms with Gasteiger partial charge in [-0.3, -0.25) is 4.79 Å². The monoisotopic (exact) mass is 256 g/mol. The fraction of sp³-hybridized carbons (Fsp3) is 0.933. The van der Waals surface area contributed by atoms with Crippen molar-refractivity contribution in [2.24, 2.45) is 5.41 Å². The van der Waals surface area contributed by atoms with Crippen LogP contribution in [0.2, 0.25) is 0 Å². The molecule has 3 nitrogen and oxygen atoms in total. The minimum Gasteiger partial charge on any atom is -0.481 e. The van der Waals surface area contributed by atoms with E-state index in [0.717, 1.165) is 58.0 Å². The third-order valence-corrected chi connectivity index (χ3v) is 4.34. The predicted molar refractivity (Wildman–Crippen MR) is 72.7 cm³/mol. The molecule has 0 amide bonds. The van der Waals surface area contributed by atoms with Crippen LogP contribution < -0.4 is 0 Å². The summed E-state index contributed by atoms with van der Waals surface area (Å²) in [5, 5.41) is 9.51. The molecule has 1 heterocycles. The Bertz CT molecular complexity index is 246. The molecule has 2 unspecified atom stereocenters. The molecule has 0 spiro atoms. The summed E-state index contributed by atoms with van der Waals surface area (Å²) in [6, 6.07) is 0. The zero-order valence-electron chi connectivity index (χ0n) is 11.9. The van der Waals surface area contributed by atoms with Crippen LogP contribution in [0.5, 0.6) is 0 Å². The number of carboxylic acids is 1. The fourth-order valence-electron chi connectivity index (χ4n) is 2.90. The lowest BCUT2D eigenvalue weighted by molar-refractivity contribution is -0.150. The molecule has 1 saturated heterocycles. The highest BCUT2D eigenvalue weighted by Crippen LogP contribution is 2.35. The van der Waals surface area contributed by atoms with E-state index in [9.17, 15) is 9.90 Å². The first-order chi connectivity index (χ1) is 8.64. The Balaban J connectivity index is 2.41. The Morgan fingerprint density at radius 2 is 2.06 bits per heavy atom. The Hall–Kier alpha value is -0.570. The summed E-state index contributed by atoms with van der Waals surface area (Å²) in [5.41, 5.74) is -0.491. The predicted octanol–water partition coefficient (Wildman–Crippen LogP) is 4.01. The van der Waals surface area contributed by atoms with E-state index in [0.29, 0.717) is 6.10 Å². The minimum atomic E-state index is -0.606. The zero-order chi connectivity index (χ0) is 13.4. The van der Waals surface area contributed by atoms with E-state index in [2.05, 4.69) is 6.92 Å². The first-order valence-corrected chi connectivity index (χ1v) is 7.49. The van der Waals surface area contributed by atoms with Crippen LogP contribution in [0.25, 0.3) is 0 Å². The molecule has 0 aliphatic carbocycles. The van der Waals surface area contributed by atoms with Gasteiger partial charge in [0.1, 0.15) is 0 Å². The van der Waals surface area contributed by atoms with Crippen LogP contribution >= 0.6 is 0 Å². The average Bonchev–Trinajstić information content (AvgIpc) is 2.86.